The van der Waals surface area contributed by atoms with Gasteiger partial charge in [-0.05, 0) is 40.3 Å². The first-order valence-electron chi connectivity index (χ1n) is 7.98. The molecule has 0 rings (SSSR count). The van der Waals surface area contributed by atoms with Crippen LogP contribution in [0.2, 0.25) is 0 Å². The lowest BCUT2D eigenvalue weighted by Gasteiger charge is -2.32. The topological polar surface area (TPSA) is 18.5 Å². The zero-order valence-corrected chi connectivity index (χ0v) is 14.4. The van der Waals surface area contributed by atoms with Gasteiger partial charge in [0.15, 0.2) is 0 Å². The maximum atomic E-state index is 3.67. The molecule has 0 saturated carbocycles. The minimum Gasteiger partial charge on any atom is -0.313 e. The molecule has 3 heteroatoms. The smallest absolute Gasteiger partial charge is 0.0193 e. The van der Waals surface area contributed by atoms with Gasteiger partial charge in [0.2, 0.25) is 0 Å². The fourth-order valence-corrected chi connectivity index (χ4v) is 2.32. The summed E-state index contributed by atoms with van der Waals surface area (Å²) in [5.41, 5.74) is 0. The predicted octanol–water partition coefficient (Wildman–Crippen LogP) is 2.67. The molecule has 0 spiro atoms. The second-order valence-electron chi connectivity index (χ2n) is 6.64. The summed E-state index contributed by atoms with van der Waals surface area (Å²) in [6.07, 6.45) is 2.54. The van der Waals surface area contributed by atoms with Crippen LogP contribution in [0.15, 0.2) is 0 Å². The summed E-state index contributed by atoms with van der Waals surface area (Å²) in [5, 5.41) is 3.67. The van der Waals surface area contributed by atoms with Crippen LogP contribution in [-0.2, 0) is 0 Å². The minimum atomic E-state index is 0.613. The largest absolute Gasteiger partial charge is 0.313 e. The quantitative estimate of drug-likeness (QED) is 0.623. The van der Waals surface area contributed by atoms with Crippen LogP contribution in [0, 0.1) is 5.92 Å². The van der Waals surface area contributed by atoms with Crippen molar-refractivity contribution in [3.63, 3.8) is 0 Å². The van der Waals surface area contributed by atoms with Gasteiger partial charge in [0.25, 0.3) is 0 Å². The summed E-state index contributed by atoms with van der Waals surface area (Å²) >= 11 is 0. The molecule has 2 unspecified atom stereocenters. The van der Waals surface area contributed by atoms with Crippen LogP contribution in [0.4, 0.5) is 0 Å². The third-order valence-corrected chi connectivity index (χ3v) is 3.54. The summed E-state index contributed by atoms with van der Waals surface area (Å²) in [7, 11) is 4.31. The molecule has 0 bridgehead atoms. The Labute approximate surface area is 121 Å². The van der Waals surface area contributed by atoms with Crippen molar-refractivity contribution in [3.05, 3.63) is 0 Å². The van der Waals surface area contributed by atoms with Gasteiger partial charge in [-0.3, -0.25) is 4.90 Å². The maximum Gasteiger partial charge on any atom is 0.0193 e. The Bertz CT molecular complexity index is 204. The molecule has 0 amide bonds. The molecule has 0 saturated heterocycles. The molecule has 0 aliphatic carbocycles. The molecule has 0 heterocycles. The summed E-state index contributed by atoms with van der Waals surface area (Å²) in [5.74, 6) is 0.734. The molecule has 116 valence electrons. The molecule has 0 aliphatic rings. The fraction of sp³-hybridized carbons (Fsp3) is 1.00. The molecule has 3 nitrogen and oxygen atoms in total. The van der Waals surface area contributed by atoms with Crippen LogP contribution < -0.4 is 5.32 Å². The van der Waals surface area contributed by atoms with E-state index in [1.54, 1.807) is 0 Å². The zero-order chi connectivity index (χ0) is 14.8. The van der Waals surface area contributed by atoms with E-state index in [1.807, 2.05) is 0 Å². The van der Waals surface area contributed by atoms with E-state index in [9.17, 15) is 0 Å². The van der Waals surface area contributed by atoms with E-state index >= 15 is 0 Å². The number of rotatable bonds is 11. The van der Waals surface area contributed by atoms with Gasteiger partial charge >= 0.3 is 0 Å². The number of hydrogen-bond donors (Lipinski definition) is 1. The zero-order valence-electron chi connectivity index (χ0n) is 14.4. The van der Waals surface area contributed by atoms with Crippen molar-refractivity contribution < 1.29 is 0 Å². The molecule has 0 fully saturated rings. The second-order valence-corrected chi connectivity index (χ2v) is 6.64. The highest BCUT2D eigenvalue weighted by atomic mass is 15.2. The van der Waals surface area contributed by atoms with Crippen LogP contribution in [0.5, 0.6) is 0 Å². The van der Waals surface area contributed by atoms with Crippen molar-refractivity contribution in [1.29, 1.82) is 0 Å². The van der Waals surface area contributed by atoms with E-state index in [2.05, 4.69) is 63.8 Å². The highest BCUT2D eigenvalue weighted by Gasteiger charge is 2.15. The third kappa shape index (κ3) is 10.3. The van der Waals surface area contributed by atoms with Gasteiger partial charge in [-0.25, -0.2) is 0 Å². The number of nitrogens with one attached hydrogen (secondary N) is 1. The molecule has 1 N–H and O–H groups in total. The third-order valence-electron chi connectivity index (χ3n) is 3.54. The first-order valence-corrected chi connectivity index (χ1v) is 7.98. The van der Waals surface area contributed by atoms with Crippen LogP contribution in [-0.4, -0.2) is 62.2 Å². The monoisotopic (exact) mass is 271 g/mol. The van der Waals surface area contributed by atoms with Crippen LogP contribution in [0.25, 0.3) is 0 Å². The predicted molar refractivity (Wildman–Crippen MR) is 86.8 cm³/mol. The normalized spacial score (nSPS) is 15.5. The van der Waals surface area contributed by atoms with Crippen molar-refractivity contribution in [3.8, 4) is 0 Å². The van der Waals surface area contributed by atoms with Gasteiger partial charge < -0.3 is 10.2 Å². The Kier molecular flexibility index (Phi) is 10.6. The SMILES string of the molecule is CCCC(C)NCC(C)N(CCN(C)C)CC(C)C. The Morgan fingerprint density at radius 3 is 2.11 bits per heavy atom. The van der Waals surface area contributed by atoms with E-state index in [0.29, 0.717) is 12.1 Å². The molecule has 19 heavy (non-hydrogen) atoms. The van der Waals surface area contributed by atoms with Crippen molar-refractivity contribution in [1.82, 2.24) is 15.1 Å². The molecule has 2 atom stereocenters. The van der Waals surface area contributed by atoms with E-state index in [1.165, 1.54) is 19.4 Å². The van der Waals surface area contributed by atoms with E-state index in [4.69, 9.17) is 0 Å². The average molecular weight is 271 g/mol. The first kappa shape index (κ1) is 18.9. The molecular formula is C16H37N3. The Balaban J connectivity index is 4.16. The standard InChI is InChI=1S/C16H37N3/c1-8-9-15(4)17-12-16(5)19(13-14(2)3)11-10-18(6)7/h14-17H,8-13H2,1-7H3. The molecular weight excluding hydrogens is 234 g/mol. The number of nitrogens with zero attached hydrogens (tertiary/aromatic N) is 2. The molecule has 0 aromatic rings. The molecule has 0 aromatic carbocycles. The summed E-state index contributed by atoms with van der Waals surface area (Å²) in [6, 6.07) is 1.25. The lowest BCUT2D eigenvalue weighted by molar-refractivity contribution is 0.164. The van der Waals surface area contributed by atoms with E-state index in [-0.39, 0.29) is 0 Å². The Morgan fingerprint density at radius 2 is 1.63 bits per heavy atom. The fourth-order valence-electron chi connectivity index (χ4n) is 2.32. The van der Waals surface area contributed by atoms with Crippen molar-refractivity contribution >= 4 is 0 Å². The molecule has 0 aliphatic heterocycles. The first-order chi connectivity index (χ1) is 8.86. The van der Waals surface area contributed by atoms with Crippen LogP contribution >= 0.6 is 0 Å². The van der Waals surface area contributed by atoms with Crippen molar-refractivity contribution in [2.24, 2.45) is 5.92 Å². The van der Waals surface area contributed by atoms with Gasteiger partial charge in [-0.1, -0.05) is 27.2 Å². The Morgan fingerprint density at radius 1 is 1.00 bits per heavy atom. The lowest BCUT2D eigenvalue weighted by Crippen LogP contribution is -2.46. The van der Waals surface area contributed by atoms with Gasteiger partial charge in [-0.2, -0.15) is 0 Å². The highest BCUT2D eigenvalue weighted by molar-refractivity contribution is 4.73. The highest BCUT2D eigenvalue weighted by Crippen LogP contribution is 2.05. The van der Waals surface area contributed by atoms with E-state index in [0.717, 1.165) is 25.6 Å². The number of hydrogen-bond acceptors (Lipinski definition) is 3. The van der Waals surface area contributed by atoms with Crippen molar-refractivity contribution in [2.75, 3.05) is 40.3 Å². The summed E-state index contributed by atoms with van der Waals surface area (Å²) in [6.45, 7) is 16.1. The van der Waals surface area contributed by atoms with Crippen molar-refractivity contribution in [2.45, 2.75) is 59.5 Å². The molecule has 0 radical (unpaired) electrons. The number of likely N-dealkylation sites (N-methyl/N-ethyl adjacent to an activating group) is 1. The van der Waals surface area contributed by atoms with Gasteiger partial charge in [0, 0.05) is 38.3 Å². The van der Waals surface area contributed by atoms with Gasteiger partial charge in [0.05, 0.1) is 0 Å². The minimum absolute atomic E-state index is 0.613. The summed E-state index contributed by atoms with van der Waals surface area (Å²) < 4.78 is 0. The Hall–Kier alpha value is -0.120. The lowest BCUT2D eigenvalue weighted by atomic mass is 10.1. The van der Waals surface area contributed by atoms with E-state index < -0.39 is 0 Å². The molecule has 0 aromatic heterocycles. The van der Waals surface area contributed by atoms with Gasteiger partial charge in [0.1, 0.15) is 0 Å². The maximum absolute atomic E-state index is 3.67. The van der Waals surface area contributed by atoms with Crippen LogP contribution in [0.3, 0.4) is 0 Å². The van der Waals surface area contributed by atoms with Gasteiger partial charge in [-0.15, -0.1) is 0 Å². The second kappa shape index (κ2) is 10.6. The summed E-state index contributed by atoms with van der Waals surface area (Å²) in [4.78, 5) is 4.89. The van der Waals surface area contributed by atoms with Crippen LogP contribution in [0.1, 0.15) is 47.5 Å². The average Bonchev–Trinajstić information content (AvgIpc) is 2.31.